The molecule has 0 fully saturated rings. The van der Waals surface area contributed by atoms with Gasteiger partial charge in [-0.05, 0) is 29.8 Å². The molecule has 30 heavy (non-hydrogen) atoms. The molecule has 0 atom stereocenters. The first-order valence-corrected chi connectivity index (χ1v) is 9.58. The number of H-pyrrole nitrogens is 1. The van der Waals surface area contributed by atoms with Gasteiger partial charge in [0.2, 0.25) is 5.91 Å². The molecular formula is C22H19N5O3. The summed E-state index contributed by atoms with van der Waals surface area (Å²) in [4.78, 5) is 36.4. The monoisotopic (exact) mass is 401 g/mol. The van der Waals surface area contributed by atoms with Crippen LogP contribution in [0.15, 0.2) is 59.5 Å². The van der Waals surface area contributed by atoms with Gasteiger partial charge >= 0.3 is 0 Å². The van der Waals surface area contributed by atoms with Crippen LogP contribution in [0.4, 0.5) is 0 Å². The first kappa shape index (κ1) is 18.1. The number of carbonyl (C=O) groups excluding carboxylic acids is 1. The van der Waals surface area contributed by atoms with Crippen LogP contribution < -0.4 is 10.3 Å². The van der Waals surface area contributed by atoms with E-state index in [2.05, 4.69) is 15.1 Å². The molecule has 150 valence electrons. The highest BCUT2D eigenvalue weighted by molar-refractivity contribution is 5.79. The number of carbonyl (C=O) groups is 1. The first-order valence-electron chi connectivity index (χ1n) is 9.58. The van der Waals surface area contributed by atoms with Crippen molar-refractivity contribution in [2.75, 3.05) is 7.11 Å². The molecular weight excluding hydrogens is 382 g/mol. The van der Waals surface area contributed by atoms with E-state index in [1.54, 1.807) is 24.3 Å². The van der Waals surface area contributed by atoms with Crippen LogP contribution in [-0.2, 0) is 24.3 Å². The minimum atomic E-state index is -0.186. The number of aromatic nitrogens is 4. The number of rotatable bonds is 4. The average Bonchev–Trinajstić information content (AvgIpc) is 3.40. The Hall–Kier alpha value is -3.94. The number of pyridine rings is 1. The summed E-state index contributed by atoms with van der Waals surface area (Å²) in [5, 5.41) is 3.07. The van der Waals surface area contributed by atoms with Crippen LogP contribution in [0.2, 0.25) is 0 Å². The van der Waals surface area contributed by atoms with Crippen molar-refractivity contribution >= 4 is 11.6 Å². The summed E-state index contributed by atoms with van der Waals surface area (Å²) in [5.41, 5.74) is 3.83. The molecule has 4 heterocycles. The van der Waals surface area contributed by atoms with Crippen molar-refractivity contribution in [3.8, 4) is 17.1 Å². The Labute approximate surface area is 171 Å². The Morgan fingerprint density at radius 2 is 2.07 bits per heavy atom. The van der Waals surface area contributed by atoms with Crippen molar-refractivity contribution in [2.24, 2.45) is 0 Å². The number of hydrogen-bond acceptors (Lipinski definition) is 5. The molecule has 5 rings (SSSR count). The standard InChI is InChI=1S/C22H19N5O3/c1-30-15-6-4-5-14(9-15)10-21(28)26-12-16-19(13-26)24-20-11-18(25-27(20)22(16)29)17-7-2-3-8-23-17/h2-9,11,25H,10,12-13H2,1H3. The number of aromatic amines is 1. The van der Waals surface area contributed by atoms with Crippen LogP contribution >= 0.6 is 0 Å². The molecule has 1 amide bonds. The molecule has 0 spiro atoms. The predicted octanol–water partition coefficient (Wildman–Crippen LogP) is 2.18. The topological polar surface area (TPSA) is 92.6 Å². The van der Waals surface area contributed by atoms with Crippen molar-refractivity contribution in [1.82, 2.24) is 24.5 Å². The van der Waals surface area contributed by atoms with Crippen LogP contribution in [0.1, 0.15) is 16.8 Å². The van der Waals surface area contributed by atoms with Gasteiger partial charge < -0.3 is 9.64 Å². The van der Waals surface area contributed by atoms with Crippen molar-refractivity contribution in [1.29, 1.82) is 0 Å². The number of nitrogens with zero attached hydrogens (tertiary/aromatic N) is 4. The number of benzene rings is 1. The van der Waals surface area contributed by atoms with Gasteiger partial charge in [-0.15, -0.1) is 0 Å². The largest absolute Gasteiger partial charge is 0.497 e. The Kier molecular flexibility index (Phi) is 4.31. The van der Waals surface area contributed by atoms with E-state index in [4.69, 9.17) is 4.74 Å². The molecule has 3 aromatic heterocycles. The summed E-state index contributed by atoms with van der Waals surface area (Å²) in [6, 6.07) is 14.8. The van der Waals surface area contributed by atoms with E-state index in [1.165, 1.54) is 4.52 Å². The molecule has 0 radical (unpaired) electrons. The van der Waals surface area contributed by atoms with Gasteiger partial charge in [-0.25, -0.2) is 9.50 Å². The normalized spacial score (nSPS) is 12.9. The average molecular weight is 401 g/mol. The minimum absolute atomic E-state index is 0.0523. The Morgan fingerprint density at radius 3 is 2.87 bits per heavy atom. The fourth-order valence-electron chi connectivity index (χ4n) is 3.72. The van der Waals surface area contributed by atoms with E-state index in [0.717, 1.165) is 17.0 Å². The number of amides is 1. The van der Waals surface area contributed by atoms with E-state index < -0.39 is 0 Å². The lowest BCUT2D eigenvalue weighted by molar-refractivity contribution is -0.131. The number of hydrogen-bond donors (Lipinski definition) is 1. The van der Waals surface area contributed by atoms with E-state index in [9.17, 15) is 9.59 Å². The molecule has 8 nitrogen and oxygen atoms in total. The lowest BCUT2D eigenvalue weighted by atomic mass is 10.1. The molecule has 0 bridgehead atoms. The molecule has 0 aliphatic carbocycles. The van der Waals surface area contributed by atoms with Gasteiger partial charge in [-0.2, -0.15) is 0 Å². The Morgan fingerprint density at radius 1 is 1.17 bits per heavy atom. The summed E-state index contributed by atoms with van der Waals surface area (Å²) in [7, 11) is 1.60. The zero-order chi connectivity index (χ0) is 20.7. The van der Waals surface area contributed by atoms with E-state index in [0.29, 0.717) is 29.2 Å². The van der Waals surface area contributed by atoms with Gasteiger partial charge in [0.15, 0.2) is 5.65 Å². The summed E-state index contributed by atoms with van der Waals surface area (Å²) in [6.07, 6.45) is 1.94. The molecule has 1 aromatic carbocycles. The maximum Gasteiger partial charge on any atom is 0.278 e. The number of methoxy groups -OCH3 is 1. The highest BCUT2D eigenvalue weighted by Crippen LogP contribution is 2.22. The van der Waals surface area contributed by atoms with Gasteiger partial charge in [0.1, 0.15) is 5.75 Å². The molecule has 0 saturated heterocycles. The second kappa shape index (κ2) is 7.14. The van der Waals surface area contributed by atoms with Crippen LogP contribution in [0.5, 0.6) is 5.75 Å². The van der Waals surface area contributed by atoms with Crippen LogP contribution in [-0.4, -0.2) is 37.5 Å². The van der Waals surface area contributed by atoms with Crippen LogP contribution in [0.25, 0.3) is 17.0 Å². The zero-order valence-electron chi connectivity index (χ0n) is 16.3. The summed E-state index contributed by atoms with van der Waals surface area (Å²) in [6.45, 7) is 0.582. The van der Waals surface area contributed by atoms with Crippen LogP contribution in [0, 0.1) is 0 Å². The van der Waals surface area contributed by atoms with Gasteiger partial charge in [0, 0.05) is 12.3 Å². The Balaban J connectivity index is 1.41. The van der Waals surface area contributed by atoms with E-state index in [1.807, 2.05) is 42.5 Å². The van der Waals surface area contributed by atoms with Crippen molar-refractivity contribution in [2.45, 2.75) is 19.5 Å². The fraction of sp³-hybridized carbons (Fsp3) is 0.182. The highest BCUT2D eigenvalue weighted by Gasteiger charge is 2.28. The maximum absolute atomic E-state index is 13.0. The third kappa shape index (κ3) is 3.12. The summed E-state index contributed by atoms with van der Waals surface area (Å²) >= 11 is 0. The van der Waals surface area contributed by atoms with Gasteiger partial charge in [-0.1, -0.05) is 18.2 Å². The smallest absolute Gasteiger partial charge is 0.278 e. The van der Waals surface area contributed by atoms with E-state index >= 15 is 0 Å². The fourth-order valence-corrected chi connectivity index (χ4v) is 3.72. The molecule has 4 aromatic rings. The number of nitrogens with one attached hydrogen (secondary N) is 1. The quantitative estimate of drug-likeness (QED) is 0.566. The van der Waals surface area contributed by atoms with Crippen molar-refractivity contribution in [3.05, 3.63) is 81.9 Å². The third-order valence-corrected chi connectivity index (χ3v) is 5.27. The zero-order valence-corrected chi connectivity index (χ0v) is 16.3. The Bertz CT molecular complexity index is 1310. The van der Waals surface area contributed by atoms with Crippen molar-refractivity contribution in [3.63, 3.8) is 0 Å². The summed E-state index contributed by atoms with van der Waals surface area (Å²) < 4.78 is 6.63. The third-order valence-electron chi connectivity index (χ3n) is 5.27. The van der Waals surface area contributed by atoms with Crippen LogP contribution in [0.3, 0.4) is 0 Å². The highest BCUT2D eigenvalue weighted by atomic mass is 16.5. The molecule has 1 aliphatic rings. The van der Waals surface area contributed by atoms with Gasteiger partial charge in [0.25, 0.3) is 5.56 Å². The number of ether oxygens (including phenoxy) is 1. The molecule has 0 saturated carbocycles. The van der Waals surface area contributed by atoms with Gasteiger partial charge in [-0.3, -0.25) is 19.7 Å². The second-order valence-electron chi connectivity index (χ2n) is 7.20. The minimum Gasteiger partial charge on any atom is -0.497 e. The van der Waals surface area contributed by atoms with Gasteiger partial charge in [0.05, 0.1) is 49.3 Å². The molecule has 1 N–H and O–H groups in total. The summed E-state index contributed by atoms with van der Waals surface area (Å²) in [5.74, 6) is 0.659. The maximum atomic E-state index is 13.0. The predicted molar refractivity (Wildman–Crippen MR) is 110 cm³/mol. The number of fused-ring (bicyclic) bond motifs is 2. The lowest BCUT2D eigenvalue weighted by Gasteiger charge is -2.15. The second-order valence-corrected chi connectivity index (χ2v) is 7.20. The first-order chi connectivity index (χ1) is 14.6. The van der Waals surface area contributed by atoms with Crippen molar-refractivity contribution < 1.29 is 9.53 Å². The molecule has 1 aliphatic heterocycles. The molecule has 8 heteroatoms. The SMILES string of the molecule is COc1cccc(CC(=O)N2Cc3nc4cc(-c5ccccn5)[nH]n4c(=O)c3C2)c1. The lowest BCUT2D eigenvalue weighted by Crippen LogP contribution is -2.28. The molecule has 0 unspecified atom stereocenters. The van der Waals surface area contributed by atoms with E-state index in [-0.39, 0.29) is 24.4 Å².